The maximum Gasteiger partial charge on any atom is 0.347 e. The number of thiazole rings is 1. The molecule has 12 heteroatoms. The van der Waals surface area contributed by atoms with E-state index in [1.54, 1.807) is 14.0 Å². The third-order valence-electron chi connectivity index (χ3n) is 3.92. The van der Waals surface area contributed by atoms with E-state index in [2.05, 4.69) is 17.0 Å². The monoisotopic (exact) mass is 593 g/mol. The topological polar surface area (TPSA) is 116 Å². The smallest absolute Gasteiger partial charge is 0.347 e. The number of aromatic nitrogens is 1. The third kappa shape index (κ3) is 4.33. The molecule has 0 saturated carbocycles. The van der Waals surface area contributed by atoms with Crippen molar-refractivity contribution in [2.24, 2.45) is 3.21 Å². The fourth-order valence-corrected chi connectivity index (χ4v) is 9.05. The zero-order valence-corrected chi connectivity index (χ0v) is 18.6. The number of hydrogen-bond acceptors (Lipinski definition) is 8. The number of nitrogens with zero attached hydrogens (tertiary/aromatic N) is 3. The molecule has 1 saturated heterocycles. The summed E-state index contributed by atoms with van der Waals surface area (Å²) in [6, 6.07) is -0.102. The van der Waals surface area contributed by atoms with Crippen LogP contribution in [0.5, 0.6) is 0 Å². The number of carbonyl (C=O) groups is 2. The molecule has 2 unspecified atom stereocenters. The molecule has 1 fully saturated rings. The minimum Gasteiger partial charge on any atom is -0.477 e. The zero-order valence-electron chi connectivity index (χ0n) is 13.5. The molecule has 1 aromatic rings. The minimum absolute atomic E-state index is 0.102. The van der Waals surface area contributed by atoms with E-state index in [-0.39, 0.29) is 56.7 Å². The van der Waals surface area contributed by atoms with E-state index < -0.39 is 5.97 Å². The molecule has 3 rings (SSSR count). The second kappa shape index (κ2) is 8.30. The van der Waals surface area contributed by atoms with Gasteiger partial charge in [-0.2, -0.15) is 3.21 Å². The van der Waals surface area contributed by atoms with Crippen LogP contribution in [0, 0.1) is 6.92 Å². The number of rotatable bonds is 5. The third-order valence-corrected chi connectivity index (χ3v) is 10.5. The van der Waals surface area contributed by atoms with E-state index >= 15 is 0 Å². The Hall–Kier alpha value is -0.740. The summed E-state index contributed by atoms with van der Waals surface area (Å²) in [6.07, 6.45) is 0.504. The van der Waals surface area contributed by atoms with Gasteiger partial charge in [-0.15, -0.1) is 0 Å². The lowest BCUT2D eigenvalue weighted by Crippen LogP contribution is -2.56. The molecule has 25 heavy (non-hydrogen) atoms. The van der Waals surface area contributed by atoms with E-state index in [4.69, 9.17) is 4.74 Å². The Kier molecular flexibility index (Phi) is 6.32. The highest BCUT2D eigenvalue weighted by atomic mass is 128. The van der Waals surface area contributed by atoms with E-state index in [0.717, 1.165) is 0 Å². The molecule has 0 radical (unpaired) electrons. The number of anilines is 1. The number of aryl methyl sites for hydroxylation is 1. The first-order valence-corrected chi connectivity index (χ1v) is 16.5. The first-order valence-electron chi connectivity index (χ1n) is 7.40. The lowest BCUT2D eigenvalue weighted by Gasteiger charge is -2.37. The molecule has 2 aliphatic heterocycles. The summed E-state index contributed by atoms with van der Waals surface area (Å²) in [5.41, 5.74) is 0.522. The SMILES string of the molecule is COC1CN(c2nc(C)c(C(=O)O)s2)CCC1NC(=O)C1=NI=IN1. The summed E-state index contributed by atoms with van der Waals surface area (Å²) >= 11 is 0.873. The summed E-state index contributed by atoms with van der Waals surface area (Å²) < 4.78 is 13.0. The maximum absolute atomic E-state index is 12.2. The van der Waals surface area contributed by atoms with Crippen molar-refractivity contribution >= 4 is 67.9 Å². The molecule has 0 aromatic carbocycles. The summed E-state index contributed by atoms with van der Waals surface area (Å²) in [7, 11) is 1.62. The first-order chi connectivity index (χ1) is 12.0. The van der Waals surface area contributed by atoms with Crippen molar-refractivity contribution in [3.63, 3.8) is 0 Å². The minimum atomic E-state index is -0.956. The van der Waals surface area contributed by atoms with Crippen LogP contribution in [-0.4, -0.2) is 60.1 Å². The molecular weight excluding hydrogens is 576 g/mol. The van der Waals surface area contributed by atoms with Crippen LogP contribution in [-0.2, 0) is 9.53 Å². The van der Waals surface area contributed by atoms with Crippen molar-refractivity contribution < 1.29 is 19.4 Å². The van der Waals surface area contributed by atoms with Crippen LogP contribution in [0.4, 0.5) is 5.13 Å². The van der Waals surface area contributed by atoms with Crippen LogP contribution in [0.15, 0.2) is 3.21 Å². The van der Waals surface area contributed by atoms with Gasteiger partial charge in [0.25, 0.3) is 5.91 Å². The number of methoxy groups -OCH3 is 1. The number of hydrogen-bond donors (Lipinski definition) is 3. The molecule has 2 atom stereocenters. The van der Waals surface area contributed by atoms with Gasteiger partial charge < -0.3 is 23.6 Å². The Labute approximate surface area is 164 Å². The van der Waals surface area contributed by atoms with Gasteiger partial charge >= 0.3 is 5.97 Å². The summed E-state index contributed by atoms with van der Waals surface area (Å²) in [6.45, 7) is 2.93. The Morgan fingerprint density at radius 1 is 1.52 bits per heavy atom. The number of amidine groups is 1. The van der Waals surface area contributed by atoms with Crippen LogP contribution in [0.1, 0.15) is 21.8 Å². The number of nitrogens with one attached hydrogen (secondary N) is 2. The van der Waals surface area contributed by atoms with Crippen LogP contribution in [0.3, 0.4) is 0 Å². The van der Waals surface area contributed by atoms with Crippen molar-refractivity contribution in [1.82, 2.24) is 13.8 Å². The van der Waals surface area contributed by atoms with Gasteiger partial charge in [-0.05, 0) is 13.3 Å². The van der Waals surface area contributed by atoms with Gasteiger partial charge in [-0.25, -0.2) is 9.78 Å². The maximum atomic E-state index is 12.2. The number of halogens is 2. The molecule has 3 heterocycles. The number of aromatic carboxylic acids is 1. The number of carboxylic acids is 1. The highest BCUT2D eigenvalue weighted by Crippen LogP contribution is 2.29. The van der Waals surface area contributed by atoms with Gasteiger partial charge in [-0.3, -0.25) is 4.79 Å². The second-order valence-electron chi connectivity index (χ2n) is 5.47. The zero-order chi connectivity index (χ0) is 18.0. The van der Waals surface area contributed by atoms with Crippen molar-refractivity contribution in [2.45, 2.75) is 25.5 Å². The molecule has 1 aromatic heterocycles. The Morgan fingerprint density at radius 3 is 2.92 bits per heavy atom. The van der Waals surface area contributed by atoms with Gasteiger partial charge in [-0.1, -0.05) is 11.3 Å². The largest absolute Gasteiger partial charge is 0.477 e. The second-order valence-corrected chi connectivity index (χ2v) is 13.4. The lowest BCUT2D eigenvalue weighted by atomic mass is 10.0. The Balaban J connectivity index is 1.66. The van der Waals surface area contributed by atoms with Gasteiger partial charge in [0.2, 0.25) is 5.84 Å². The molecule has 138 valence electrons. The predicted octanol–water partition coefficient (Wildman–Crippen LogP) is 1.55. The van der Waals surface area contributed by atoms with Crippen molar-refractivity contribution in [1.29, 1.82) is 0 Å². The van der Waals surface area contributed by atoms with Crippen LogP contribution in [0.2, 0.25) is 0 Å². The van der Waals surface area contributed by atoms with Crippen molar-refractivity contribution in [3.05, 3.63) is 10.6 Å². The van der Waals surface area contributed by atoms with Crippen molar-refractivity contribution in [2.75, 3.05) is 25.1 Å². The van der Waals surface area contributed by atoms with Crippen LogP contribution in [0.25, 0.3) is 0 Å². The molecule has 9 nitrogen and oxygen atoms in total. The number of amides is 1. The van der Waals surface area contributed by atoms with Gasteiger partial charge in [0, 0.05) is 20.2 Å². The lowest BCUT2D eigenvalue weighted by molar-refractivity contribution is -0.116. The van der Waals surface area contributed by atoms with E-state index in [0.29, 0.717) is 36.2 Å². The van der Waals surface area contributed by atoms with E-state index in [1.807, 2.05) is 4.90 Å². The van der Waals surface area contributed by atoms with Crippen LogP contribution >= 0.6 is 45.1 Å². The summed E-state index contributed by atoms with van der Waals surface area (Å²) in [4.78, 5) is 30.1. The number of ether oxygens (including phenoxy) is 1. The van der Waals surface area contributed by atoms with Gasteiger partial charge in [0.05, 0.1) is 51.6 Å². The standard InChI is InChI=1S/C13H17I2N5O4S/c1-6-9(12(22)23)25-13(16-6)20-4-3-7(8(5-20)24-2)17-11(21)10-18-14-15-19-10/h7-8H,3-5H2,1-2H3,(H,17,21)(H,18,19)(H,22,23). The summed E-state index contributed by atoms with van der Waals surface area (Å²) in [5, 5.41) is 12.9. The van der Waals surface area contributed by atoms with Gasteiger partial charge in [0.1, 0.15) is 4.88 Å². The fraction of sp³-hybridized carbons (Fsp3) is 0.538. The number of piperidine rings is 1. The molecule has 0 spiro atoms. The summed E-state index contributed by atoms with van der Waals surface area (Å²) in [5.74, 6) is -0.641. The predicted molar refractivity (Wildman–Crippen MR) is 112 cm³/mol. The average molecular weight is 593 g/mol. The number of carbonyl (C=O) groups excluding carboxylic acids is 1. The highest BCUT2D eigenvalue weighted by molar-refractivity contribution is 14.8. The van der Waals surface area contributed by atoms with Gasteiger partial charge in [0.15, 0.2) is 5.13 Å². The fourth-order valence-electron chi connectivity index (χ4n) is 2.64. The van der Waals surface area contributed by atoms with E-state index in [1.165, 1.54) is 11.3 Å². The molecule has 3 N–H and O–H groups in total. The molecule has 0 aliphatic carbocycles. The Bertz CT molecular complexity index is 753. The normalized spacial score (nSPS) is 23.1. The van der Waals surface area contributed by atoms with Crippen LogP contribution < -0.4 is 13.7 Å². The highest BCUT2D eigenvalue weighted by Gasteiger charge is 2.33. The average Bonchev–Trinajstić information content (AvgIpc) is 3.24. The van der Waals surface area contributed by atoms with E-state index in [9.17, 15) is 14.7 Å². The quantitative estimate of drug-likeness (QED) is 0.351. The first kappa shape index (κ1) is 19.0. The molecular formula is C13H17I2N5O4S. The molecule has 2 aliphatic rings. The number of carboxylic acid groups (broad SMARTS) is 1. The molecule has 0 bridgehead atoms. The Morgan fingerprint density at radius 2 is 2.32 bits per heavy atom. The molecule has 1 amide bonds. The van der Waals surface area contributed by atoms with Crippen molar-refractivity contribution in [3.8, 4) is 0 Å².